The average molecular weight is 364 g/mol. The molecule has 4 aliphatic carbocycles. The van der Waals surface area contributed by atoms with Crippen molar-refractivity contribution in [2.24, 2.45) is 17.8 Å². The van der Waals surface area contributed by atoms with Crippen molar-refractivity contribution in [3.63, 3.8) is 0 Å². The van der Waals surface area contributed by atoms with Crippen molar-refractivity contribution in [3.05, 3.63) is 0 Å². The maximum Gasteiger partial charge on any atom is 0.400 e. The largest absolute Gasteiger partial charge is 0.726 e. The lowest BCUT2D eigenvalue weighted by Crippen LogP contribution is -2.56. The molecule has 0 spiro atoms. The van der Waals surface area contributed by atoms with Crippen LogP contribution in [0, 0.1) is 17.8 Å². The Labute approximate surface area is 142 Å². The minimum atomic E-state index is -4.41. The fourth-order valence-corrected chi connectivity index (χ4v) is 6.06. The highest BCUT2D eigenvalue weighted by Crippen LogP contribution is 2.57. The van der Waals surface area contributed by atoms with Crippen molar-refractivity contribution in [1.82, 2.24) is 0 Å². The van der Waals surface area contributed by atoms with Crippen molar-refractivity contribution >= 4 is 27.4 Å². The molecule has 0 aromatic rings. The SMILES string of the molecule is COS(=O)(=O)[O-].C[N+](=C1OCCS1)C12CC3CC(CC(C3)C1)C2. The Morgan fingerprint density at radius 2 is 1.70 bits per heavy atom. The molecule has 5 aliphatic rings. The molecular weight excluding hydrogens is 338 g/mol. The van der Waals surface area contributed by atoms with Crippen molar-refractivity contribution in [3.8, 4) is 0 Å². The molecule has 23 heavy (non-hydrogen) atoms. The van der Waals surface area contributed by atoms with Crippen LogP contribution in [0.1, 0.15) is 38.5 Å². The third kappa shape index (κ3) is 3.86. The van der Waals surface area contributed by atoms with Crippen LogP contribution in [0.3, 0.4) is 0 Å². The average Bonchev–Trinajstić information content (AvgIpc) is 2.99. The summed E-state index contributed by atoms with van der Waals surface area (Å²) in [5.41, 5.74) is 0.474. The number of rotatable bonds is 2. The van der Waals surface area contributed by atoms with E-state index in [0.717, 1.165) is 37.2 Å². The topological polar surface area (TPSA) is 78.7 Å². The Balaban J connectivity index is 0.000000227. The molecule has 1 heterocycles. The van der Waals surface area contributed by atoms with Gasteiger partial charge in [0.1, 0.15) is 13.7 Å². The number of ether oxygens (including phenoxy) is 1. The molecule has 1 aliphatic heterocycles. The lowest BCUT2D eigenvalue weighted by atomic mass is 9.53. The fraction of sp³-hybridized carbons (Fsp3) is 0.933. The van der Waals surface area contributed by atoms with Crippen molar-refractivity contribution < 1.29 is 26.5 Å². The zero-order valence-electron chi connectivity index (χ0n) is 13.7. The highest BCUT2D eigenvalue weighted by molar-refractivity contribution is 8.13. The molecular formula is C15H25NO5S2. The first-order chi connectivity index (χ1) is 10.8. The van der Waals surface area contributed by atoms with Crippen molar-refractivity contribution in [1.29, 1.82) is 0 Å². The summed E-state index contributed by atoms with van der Waals surface area (Å²) in [6.45, 7) is 0.913. The Morgan fingerprint density at radius 1 is 1.22 bits per heavy atom. The van der Waals surface area contributed by atoms with E-state index in [1.54, 1.807) is 0 Å². The van der Waals surface area contributed by atoms with Crippen LogP contribution < -0.4 is 0 Å². The van der Waals surface area contributed by atoms with Gasteiger partial charge in [0.15, 0.2) is 5.54 Å². The number of thioether (sulfide) groups is 1. The van der Waals surface area contributed by atoms with Gasteiger partial charge in [-0.2, -0.15) is 4.58 Å². The monoisotopic (exact) mass is 363 g/mol. The molecule has 0 amide bonds. The molecule has 5 rings (SSSR count). The summed E-state index contributed by atoms with van der Waals surface area (Å²) < 4.78 is 39.4. The van der Waals surface area contributed by atoms with Crippen LogP contribution in [-0.2, 0) is 19.3 Å². The van der Waals surface area contributed by atoms with Gasteiger partial charge in [-0.1, -0.05) is 0 Å². The van der Waals surface area contributed by atoms with Crippen LogP contribution in [0.2, 0.25) is 0 Å². The van der Waals surface area contributed by atoms with Gasteiger partial charge in [-0.25, -0.2) is 8.42 Å². The van der Waals surface area contributed by atoms with Gasteiger partial charge >= 0.3 is 5.23 Å². The zero-order chi connectivity index (χ0) is 16.7. The molecule has 0 radical (unpaired) electrons. The predicted molar refractivity (Wildman–Crippen MR) is 87.2 cm³/mol. The third-order valence-corrected chi connectivity index (χ3v) is 7.15. The van der Waals surface area contributed by atoms with Gasteiger partial charge in [-0.3, -0.25) is 4.18 Å². The molecule has 1 saturated heterocycles. The Hall–Kier alpha value is -0.310. The lowest BCUT2D eigenvalue weighted by Gasteiger charge is -2.53. The summed E-state index contributed by atoms with van der Waals surface area (Å²) in [5, 5.41) is 1.21. The minimum absolute atomic E-state index is 0.474. The quantitative estimate of drug-likeness (QED) is 0.423. The second kappa shape index (κ2) is 6.54. The third-order valence-electron chi connectivity index (χ3n) is 5.73. The van der Waals surface area contributed by atoms with Gasteiger partial charge in [0, 0.05) is 25.0 Å². The van der Waals surface area contributed by atoms with Gasteiger partial charge in [-0.05, 0) is 48.8 Å². The van der Waals surface area contributed by atoms with Crippen LogP contribution in [0.15, 0.2) is 0 Å². The van der Waals surface area contributed by atoms with E-state index in [1.165, 1.54) is 43.8 Å². The molecule has 8 heteroatoms. The van der Waals surface area contributed by atoms with E-state index in [1.807, 2.05) is 11.8 Å². The van der Waals surface area contributed by atoms with E-state index in [4.69, 9.17) is 4.74 Å². The van der Waals surface area contributed by atoms with Crippen molar-refractivity contribution in [2.45, 2.75) is 44.1 Å². The summed E-state index contributed by atoms with van der Waals surface area (Å²) >= 11 is 1.92. The maximum atomic E-state index is 9.22. The molecule has 0 aromatic heterocycles. The van der Waals surface area contributed by atoms with Crippen LogP contribution in [-0.4, -0.2) is 54.8 Å². The summed E-state index contributed by atoms with van der Waals surface area (Å²) in [7, 11) is -1.31. The Kier molecular flexibility index (Phi) is 4.98. The van der Waals surface area contributed by atoms with Crippen LogP contribution in [0.25, 0.3) is 0 Å². The summed E-state index contributed by atoms with van der Waals surface area (Å²) in [6, 6.07) is 0. The molecule has 4 bridgehead atoms. The molecule has 5 fully saturated rings. The Morgan fingerprint density at radius 3 is 2.04 bits per heavy atom. The molecule has 0 N–H and O–H groups in total. The van der Waals surface area contributed by atoms with E-state index in [9.17, 15) is 13.0 Å². The van der Waals surface area contributed by atoms with Gasteiger partial charge in [0.05, 0.1) is 7.11 Å². The normalized spacial score (nSPS) is 40.4. The van der Waals surface area contributed by atoms with Crippen molar-refractivity contribution in [2.75, 3.05) is 26.5 Å². The van der Waals surface area contributed by atoms with E-state index in [-0.39, 0.29) is 0 Å². The van der Waals surface area contributed by atoms with Gasteiger partial charge < -0.3 is 9.29 Å². The molecule has 6 nitrogen and oxygen atoms in total. The number of hydrogen-bond acceptors (Lipinski definition) is 6. The maximum absolute atomic E-state index is 9.22. The van der Waals surface area contributed by atoms with Gasteiger partial charge in [0.2, 0.25) is 10.4 Å². The van der Waals surface area contributed by atoms with E-state index in [2.05, 4.69) is 15.8 Å². The highest BCUT2D eigenvalue weighted by Gasteiger charge is 2.57. The molecule has 132 valence electrons. The molecule has 0 aromatic carbocycles. The van der Waals surface area contributed by atoms with Gasteiger partial charge in [-0.15, -0.1) is 0 Å². The smallest absolute Gasteiger partial charge is 0.400 e. The molecule has 0 unspecified atom stereocenters. The second-order valence-corrected chi connectivity index (χ2v) is 9.43. The summed E-state index contributed by atoms with van der Waals surface area (Å²) in [4.78, 5) is 0. The zero-order valence-corrected chi connectivity index (χ0v) is 15.3. The lowest BCUT2D eigenvalue weighted by molar-refractivity contribution is -0.605. The first-order valence-electron chi connectivity index (χ1n) is 8.19. The minimum Gasteiger partial charge on any atom is -0.726 e. The molecule has 4 saturated carbocycles. The van der Waals surface area contributed by atoms with Gasteiger partial charge in [0.25, 0.3) is 0 Å². The predicted octanol–water partition coefficient (Wildman–Crippen LogP) is 1.81. The highest BCUT2D eigenvalue weighted by atomic mass is 32.3. The van der Waals surface area contributed by atoms with E-state index >= 15 is 0 Å². The Bertz CT molecular complexity index is 543. The number of hydrogen-bond donors (Lipinski definition) is 0. The first-order valence-corrected chi connectivity index (χ1v) is 10.5. The second-order valence-electron chi connectivity index (χ2n) is 7.24. The van der Waals surface area contributed by atoms with Crippen LogP contribution in [0.4, 0.5) is 0 Å². The van der Waals surface area contributed by atoms with Crippen LogP contribution in [0.5, 0.6) is 0 Å². The summed E-state index contributed by atoms with van der Waals surface area (Å²) in [6.07, 6.45) is 8.87. The van der Waals surface area contributed by atoms with Crippen LogP contribution >= 0.6 is 11.8 Å². The molecule has 0 atom stereocenters. The van der Waals surface area contributed by atoms with E-state index < -0.39 is 10.4 Å². The summed E-state index contributed by atoms with van der Waals surface area (Å²) in [5.74, 6) is 4.22. The fourth-order valence-electron chi connectivity index (χ4n) is 5.16. The first kappa shape index (κ1) is 17.5. The standard InChI is InChI=1S/C14H22NOS.CH4O4S/c1-15(13-16-2-3-17-13)14-7-10-4-11(8-14)6-12(5-10)9-14;1-5-6(2,3)4/h10-12H,2-9H2,1H3;1H3,(H,2,3,4)/q+1;/p-1. The number of nitrogens with zero attached hydrogens (tertiary/aromatic N) is 1. The van der Waals surface area contributed by atoms with E-state index in [0.29, 0.717) is 5.54 Å².